The van der Waals surface area contributed by atoms with Crippen molar-refractivity contribution in [2.45, 2.75) is 18.8 Å². The fourth-order valence-corrected chi connectivity index (χ4v) is 1.76. The van der Waals surface area contributed by atoms with Gasteiger partial charge in [0.05, 0.1) is 17.4 Å². The van der Waals surface area contributed by atoms with E-state index in [0.717, 1.165) is 0 Å². The number of carboxylic acids is 1. The second-order valence-electron chi connectivity index (χ2n) is 4.02. The van der Waals surface area contributed by atoms with Gasteiger partial charge in [0.1, 0.15) is 0 Å². The Morgan fingerprint density at radius 2 is 2.11 bits per heavy atom. The number of hydrogen-bond acceptors (Lipinski definition) is 4. The van der Waals surface area contributed by atoms with Crippen LogP contribution in [0.2, 0.25) is 0 Å². The Morgan fingerprint density at radius 1 is 1.42 bits per heavy atom. The van der Waals surface area contributed by atoms with Gasteiger partial charge < -0.3 is 15.2 Å². The summed E-state index contributed by atoms with van der Waals surface area (Å²) in [7, 11) is 1.53. The molecule has 1 unspecified atom stereocenters. The van der Waals surface area contributed by atoms with Crippen LogP contribution in [0.1, 0.15) is 22.8 Å². The van der Waals surface area contributed by atoms with E-state index >= 15 is 0 Å². The first-order valence-electron chi connectivity index (χ1n) is 5.67. The van der Waals surface area contributed by atoms with Crippen LogP contribution >= 0.6 is 11.8 Å². The lowest BCUT2D eigenvalue weighted by molar-refractivity contribution is -0.115. The average Bonchev–Trinajstić information content (AvgIpc) is 2.37. The van der Waals surface area contributed by atoms with Gasteiger partial charge in [0.25, 0.3) is 0 Å². The highest BCUT2D eigenvalue weighted by molar-refractivity contribution is 7.99. The van der Waals surface area contributed by atoms with Crippen molar-refractivity contribution in [1.82, 2.24) is 0 Å². The van der Waals surface area contributed by atoms with E-state index in [2.05, 4.69) is 5.32 Å². The third-order valence-corrected chi connectivity index (χ3v) is 3.46. The molecule has 0 aliphatic rings. The smallest absolute Gasteiger partial charge is 0.335 e. The lowest BCUT2D eigenvalue weighted by Gasteiger charge is -2.12. The first-order valence-corrected chi connectivity index (χ1v) is 6.96. The van der Waals surface area contributed by atoms with E-state index in [9.17, 15) is 9.59 Å². The molecule has 5 nitrogen and oxygen atoms in total. The van der Waals surface area contributed by atoms with Gasteiger partial charge in [0.2, 0.25) is 5.91 Å². The Labute approximate surface area is 116 Å². The second kappa shape index (κ2) is 7.16. The van der Waals surface area contributed by atoms with Gasteiger partial charge in [-0.3, -0.25) is 4.79 Å². The van der Waals surface area contributed by atoms with E-state index in [0.29, 0.717) is 17.9 Å². The Hall–Kier alpha value is -1.53. The van der Waals surface area contributed by atoms with Crippen LogP contribution in [0.5, 0.6) is 0 Å². The monoisotopic (exact) mass is 283 g/mol. The van der Waals surface area contributed by atoms with Crippen LogP contribution in [0.4, 0.5) is 5.69 Å². The molecular weight excluding hydrogens is 266 g/mol. The molecule has 0 spiro atoms. The average molecular weight is 283 g/mol. The molecule has 0 radical (unpaired) electrons. The van der Waals surface area contributed by atoms with Crippen LogP contribution in [0, 0.1) is 0 Å². The highest BCUT2D eigenvalue weighted by atomic mass is 32.2. The summed E-state index contributed by atoms with van der Waals surface area (Å²) < 4.78 is 4.98. The zero-order valence-electron chi connectivity index (χ0n) is 11.1. The topological polar surface area (TPSA) is 75.6 Å². The number of carbonyl (C=O) groups is 2. The van der Waals surface area contributed by atoms with Crippen LogP contribution in [-0.4, -0.2) is 35.6 Å². The zero-order chi connectivity index (χ0) is 14.4. The maximum Gasteiger partial charge on any atom is 0.335 e. The van der Waals surface area contributed by atoms with Gasteiger partial charge in [-0.05, 0) is 36.9 Å². The summed E-state index contributed by atoms with van der Waals surface area (Å²) >= 11 is 1.42. The molecule has 0 aliphatic carbocycles. The minimum atomic E-state index is -1.04. The number of methoxy groups -OCH3 is 1. The van der Waals surface area contributed by atoms with Crippen molar-refractivity contribution in [2.75, 3.05) is 18.7 Å². The highest BCUT2D eigenvalue weighted by Gasteiger charge is 2.13. The molecule has 1 atom stereocenters. The molecule has 104 valence electrons. The van der Waals surface area contributed by atoms with E-state index in [1.165, 1.54) is 31.0 Å². The third-order valence-electron chi connectivity index (χ3n) is 2.54. The lowest BCUT2D eigenvalue weighted by Crippen LogP contribution is -2.22. The maximum absolute atomic E-state index is 11.8. The summed E-state index contributed by atoms with van der Waals surface area (Å²) in [5.74, 6) is -1.19. The molecule has 2 N–H and O–H groups in total. The standard InChI is InChI=1S/C13H17NO4S/c1-8(19-3)12(15)14-11-5-9(7-18-2)4-10(6-11)13(16)17/h4-6,8H,7H2,1-3H3,(H,14,15)(H,16,17). The molecule has 19 heavy (non-hydrogen) atoms. The van der Waals surface area contributed by atoms with Crippen molar-refractivity contribution in [3.05, 3.63) is 29.3 Å². The predicted molar refractivity (Wildman–Crippen MR) is 75.7 cm³/mol. The van der Waals surface area contributed by atoms with Crippen molar-refractivity contribution >= 4 is 29.3 Å². The fraction of sp³-hybridized carbons (Fsp3) is 0.385. The predicted octanol–water partition coefficient (Wildman–Crippen LogP) is 2.22. The van der Waals surface area contributed by atoms with Crippen LogP contribution in [0.3, 0.4) is 0 Å². The summed E-state index contributed by atoms with van der Waals surface area (Å²) in [6.45, 7) is 2.08. The van der Waals surface area contributed by atoms with E-state index in [1.807, 2.05) is 6.26 Å². The molecule has 0 heterocycles. The first-order chi connectivity index (χ1) is 8.97. The van der Waals surface area contributed by atoms with Crippen LogP contribution in [-0.2, 0) is 16.1 Å². The molecule has 1 amide bonds. The fourth-order valence-electron chi connectivity index (χ4n) is 1.49. The molecule has 6 heteroatoms. The molecule has 0 aromatic heterocycles. The summed E-state index contributed by atoms with van der Waals surface area (Å²) in [4.78, 5) is 22.8. The molecule has 1 rings (SSSR count). The molecule has 1 aromatic carbocycles. The number of rotatable bonds is 6. The molecule has 0 fully saturated rings. The van der Waals surface area contributed by atoms with Gasteiger partial charge in [-0.15, -0.1) is 0 Å². The lowest BCUT2D eigenvalue weighted by atomic mass is 10.1. The van der Waals surface area contributed by atoms with Gasteiger partial charge in [-0.2, -0.15) is 11.8 Å². The summed E-state index contributed by atoms with van der Waals surface area (Å²) in [6.07, 6.45) is 1.84. The van der Waals surface area contributed by atoms with E-state index in [1.54, 1.807) is 13.0 Å². The Kier molecular flexibility index (Phi) is 5.85. The molecule has 0 saturated carbocycles. The Balaban J connectivity index is 2.99. The van der Waals surface area contributed by atoms with Crippen LogP contribution in [0.25, 0.3) is 0 Å². The van der Waals surface area contributed by atoms with Gasteiger partial charge in [0, 0.05) is 12.8 Å². The number of amides is 1. The summed E-state index contributed by atoms with van der Waals surface area (Å²) in [6, 6.07) is 4.67. The number of carbonyl (C=O) groups excluding carboxylic acids is 1. The highest BCUT2D eigenvalue weighted by Crippen LogP contribution is 2.17. The molecule has 0 bridgehead atoms. The quantitative estimate of drug-likeness (QED) is 0.837. The van der Waals surface area contributed by atoms with Crippen molar-refractivity contribution in [1.29, 1.82) is 0 Å². The normalized spacial score (nSPS) is 11.9. The number of anilines is 1. The third kappa shape index (κ3) is 4.57. The van der Waals surface area contributed by atoms with Gasteiger partial charge >= 0.3 is 5.97 Å². The minimum Gasteiger partial charge on any atom is -0.478 e. The van der Waals surface area contributed by atoms with Crippen molar-refractivity contribution in [2.24, 2.45) is 0 Å². The SMILES string of the molecule is COCc1cc(NC(=O)C(C)SC)cc(C(=O)O)c1. The zero-order valence-corrected chi connectivity index (χ0v) is 11.9. The summed E-state index contributed by atoms with van der Waals surface area (Å²) in [5, 5.41) is 11.5. The number of benzene rings is 1. The molecule has 1 aromatic rings. The van der Waals surface area contributed by atoms with Gasteiger partial charge in [-0.1, -0.05) is 0 Å². The van der Waals surface area contributed by atoms with E-state index < -0.39 is 5.97 Å². The summed E-state index contributed by atoms with van der Waals surface area (Å²) in [5.41, 5.74) is 1.30. The van der Waals surface area contributed by atoms with Gasteiger partial charge in [0.15, 0.2) is 0 Å². The molecule has 0 saturated heterocycles. The second-order valence-corrected chi connectivity index (χ2v) is 5.20. The Morgan fingerprint density at radius 3 is 2.63 bits per heavy atom. The van der Waals surface area contributed by atoms with Crippen molar-refractivity contribution in [3.8, 4) is 0 Å². The van der Waals surface area contributed by atoms with Crippen molar-refractivity contribution < 1.29 is 19.4 Å². The molecular formula is C13H17NO4S. The largest absolute Gasteiger partial charge is 0.478 e. The minimum absolute atomic E-state index is 0.127. The van der Waals surface area contributed by atoms with Crippen LogP contribution in [0.15, 0.2) is 18.2 Å². The number of hydrogen-bond donors (Lipinski definition) is 2. The van der Waals surface area contributed by atoms with Crippen LogP contribution < -0.4 is 5.32 Å². The first kappa shape index (κ1) is 15.5. The molecule has 0 aliphatic heterocycles. The van der Waals surface area contributed by atoms with E-state index in [4.69, 9.17) is 9.84 Å². The van der Waals surface area contributed by atoms with E-state index in [-0.39, 0.29) is 16.7 Å². The number of thioether (sulfide) groups is 1. The Bertz CT molecular complexity index is 476. The number of aromatic carboxylic acids is 1. The van der Waals surface area contributed by atoms with Crippen molar-refractivity contribution in [3.63, 3.8) is 0 Å². The maximum atomic E-state index is 11.8. The number of carboxylic acid groups (broad SMARTS) is 1. The van der Waals surface area contributed by atoms with Gasteiger partial charge in [-0.25, -0.2) is 4.79 Å². The number of nitrogens with one attached hydrogen (secondary N) is 1. The number of ether oxygens (including phenoxy) is 1.